The van der Waals surface area contributed by atoms with Crippen molar-refractivity contribution in [3.63, 3.8) is 0 Å². The van der Waals surface area contributed by atoms with Crippen LogP contribution in [-0.4, -0.2) is 45.7 Å². The first-order chi connectivity index (χ1) is 15.9. The summed E-state index contributed by atoms with van der Waals surface area (Å²) in [4.78, 5) is 5.90. The van der Waals surface area contributed by atoms with Crippen LogP contribution < -0.4 is 20.1 Å². The van der Waals surface area contributed by atoms with Crippen LogP contribution in [0.3, 0.4) is 0 Å². The normalized spacial score (nSPS) is 21.0. The Morgan fingerprint density at radius 3 is 2.67 bits per heavy atom. The molecule has 0 radical (unpaired) electrons. The van der Waals surface area contributed by atoms with E-state index in [0.717, 1.165) is 40.7 Å². The van der Waals surface area contributed by atoms with Crippen LogP contribution in [0.25, 0.3) is 10.4 Å². The average molecular weight is 493 g/mol. The Balaban J connectivity index is 1.56. The minimum Gasteiger partial charge on any atom is -0.495 e. The Morgan fingerprint density at radius 1 is 1.18 bits per heavy atom. The molecule has 1 aliphatic heterocycles. The lowest BCUT2D eigenvalue weighted by Gasteiger charge is -2.28. The van der Waals surface area contributed by atoms with Crippen molar-refractivity contribution in [2.45, 2.75) is 75.8 Å². The molecule has 1 aromatic heterocycles. The van der Waals surface area contributed by atoms with Gasteiger partial charge in [-0.05, 0) is 75.8 Å². The van der Waals surface area contributed by atoms with Gasteiger partial charge in [-0.3, -0.25) is 0 Å². The topological polar surface area (TPSA) is 92.3 Å². The van der Waals surface area contributed by atoms with Gasteiger partial charge < -0.3 is 15.4 Å². The zero-order valence-corrected chi connectivity index (χ0v) is 21.4. The predicted octanol–water partition coefficient (Wildman–Crippen LogP) is 4.54. The molecule has 1 aliphatic carbocycles. The number of hydrogen-bond acceptors (Lipinski definition) is 7. The van der Waals surface area contributed by atoms with Crippen LogP contribution in [0.4, 0.5) is 5.13 Å². The molecule has 2 atom stereocenters. The van der Waals surface area contributed by atoms with Crippen LogP contribution in [0.15, 0.2) is 23.1 Å². The highest BCUT2D eigenvalue weighted by Gasteiger charge is 2.26. The molecule has 0 spiro atoms. The van der Waals surface area contributed by atoms with Crippen LogP contribution in [0.1, 0.15) is 57.6 Å². The monoisotopic (exact) mass is 492 g/mol. The molecule has 2 heterocycles. The third kappa shape index (κ3) is 5.88. The summed E-state index contributed by atoms with van der Waals surface area (Å²) in [6.07, 6.45) is 8.30. The van der Waals surface area contributed by atoms with Gasteiger partial charge in [0.1, 0.15) is 10.6 Å². The van der Waals surface area contributed by atoms with Crippen LogP contribution in [0.2, 0.25) is 0 Å². The zero-order chi connectivity index (χ0) is 23.4. The second-order valence-electron chi connectivity index (χ2n) is 9.29. The lowest BCUT2D eigenvalue weighted by atomic mass is 9.85. The second-order valence-corrected chi connectivity index (χ2v) is 12.0. The summed E-state index contributed by atoms with van der Waals surface area (Å²) in [5, 5.41) is 7.76. The third-order valence-corrected chi connectivity index (χ3v) is 9.52. The summed E-state index contributed by atoms with van der Waals surface area (Å²) in [7, 11) is -2.22. The maximum absolute atomic E-state index is 13.2. The van der Waals surface area contributed by atoms with Gasteiger partial charge in [0.05, 0.1) is 17.7 Å². The summed E-state index contributed by atoms with van der Waals surface area (Å²) < 4.78 is 34.7. The van der Waals surface area contributed by atoms with Crippen LogP contribution in [0, 0.1) is 12.8 Å². The Labute approximate surface area is 201 Å². The number of ether oxygens (including phenoxy) is 1. The van der Waals surface area contributed by atoms with E-state index in [-0.39, 0.29) is 10.9 Å². The van der Waals surface area contributed by atoms with Crippen molar-refractivity contribution in [1.82, 2.24) is 15.0 Å². The standard InChI is InChI=1S/C24H36N4O3S2/c1-16(18-8-5-4-6-9-18)26-24-27-17(2)23(32-24)19-11-12-21(31-3)22(14-19)33(29,30)28-20-10-7-13-25-15-20/h11-12,14,16,18,20,25,28H,4-10,13,15H2,1-3H3,(H,26,27)/t16-,20?/m1/s1. The number of benzene rings is 1. The maximum Gasteiger partial charge on any atom is 0.244 e. The van der Waals surface area contributed by atoms with Crippen molar-refractivity contribution in [3.8, 4) is 16.2 Å². The Hall–Kier alpha value is -1.68. The molecular weight excluding hydrogens is 456 g/mol. The molecule has 0 bridgehead atoms. The van der Waals surface area contributed by atoms with Gasteiger partial charge in [0.25, 0.3) is 0 Å². The molecule has 1 aromatic carbocycles. The minimum absolute atomic E-state index is 0.112. The quantitative estimate of drug-likeness (QED) is 0.501. The first kappa shape index (κ1) is 24.4. The fourth-order valence-corrected chi connectivity index (χ4v) is 7.46. The summed E-state index contributed by atoms with van der Waals surface area (Å²) >= 11 is 1.59. The molecule has 182 valence electrons. The molecule has 7 nitrogen and oxygen atoms in total. The van der Waals surface area contributed by atoms with E-state index < -0.39 is 10.0 Å². The summed E-state index contributed by atoms with van der Waals surface area (Å²) in [5.41, 5.74) is 1.74. The second kappa shape index (κ2) is 10.7. The van der Waals surface area contributed by atoms with Gasteiger partial charge in [0.2, 0.25) is 10.0 Å². The number of nitrogens with one attached hydrogen (secondary N) is 3. The van der Waals surface area contributed by atoms with E-state index in [1.165, 1.54) is 39.2 Å². The van der Waals surface area contributed by atoms with E-state index in [4.69, 9.17) is 9.72 Å². The van der Waals surface area contributed by atoms with Crippen LogP contribution in [-0.2, 0) is 10.0 Å². The van der Waals surface area contributed by atoms with Gasteiger partial charge in [0.15, 0.2) is 5.13 Å². The van der Waals surface area contributed by atoms with E-state index in [1.54, 1.807) is 23.5 Å². The van der Waals surface area contributed by atoms with Crippen molar-refractivity contribution in [1.29, 1.82) is 0 Å². The van der Waals surface area contributed by atoms with E-state index >= 15 is 0 Å². The van der Waals surface area contributed by atoms with E-state index in [1.807, 2.05) is 13.0 Å². The molecule has 33 heavy (non-hydrogen) atoms. The molecule has 9 heteroatoms. The maximum atomic E-state index is 13.2. The van der Waals surface area contributed by atoms with Crippen LogP contribution >= 0.6 is 11.3 Å². The molecule has 4 rings (SSSR count). The molecular formula is C24H36N4O3S2. The van der Waals surface area contributed by atoms with Gasteiger partial charge in [-0.15, -0.1) is 0 Å². The van der Waals surface area contributed by atoms with Gasteiger partial charge in [-0.25, -0.2) is 18.1 Å². The third-order valence-electron chi connectivity index (χ3n) is 6.84. The van der Waals surface area contributed by atoms with Crippen molar-refractivity contribution in [3.05, 3.63) is 23.9 Å². The highest BCUT2D eigenvalue weighted by atomic mass is 32.2. The smallest absolute Gasteiger partial charge is 0.244 e. The average Bonchev–Trinajstić information content (AvgIpc) is 3.19. The van der Waals surface area contributed by atoms with Crippen molar-refractivity contribution < 1.29 is 13.2 Å². The van der Waals surface area contributed by atoms with E-state index in [9.17, 15) is 8.42 Å². The number of aryl methyl sites for hydroxylation is 1. The summed E-state index contributed by atoms with van der Waals surface area (Å²) in [6.45, 7) is 5.80. The number of methoxy groups -OCH3 is 1. The van der Waals surface area contributed by atoms with E-state index in [2.05, 4.69) is 22.3 Å². The Kier molecular flexibility index (Phi) is 7.94. The SMILES string of the molecule is COc1ccc(-c2sc(N[C@H](C)C3CCCCC3)nc2C)cc1S(=O)(=O)NC1CCCNC1. The highest BCUT2D eigenvalue weighted by molar-refractivity contribution is 7.89. The largest absolute Gasteiger partial charge is 0.495 e. The lowest BCUT2D eigenvalue weighted by Crippen LogP contribution is -2.45. The number of sulfonamides is 1. The molecule has 2 aliphatic rings. The molecule has 1 saturated heterocycles. The summed E-state index contributed by atoms with van der Waals surface area (Å²) in [5.74, 6) is 1.03. The van der Waals surface area contributed by atoms with Crippen molar-refractivity contribution in [2.75, 3.05) is 25.5 Å². The number of aromatic nitrogens is 1. The lowest BCUT2D eigenvalue weighted by molar-refractivity contribution is 0.328. The Morgan fingerprint density at radius 2 is 1.97 bits per heavy atom. The Bertz CT molecular complexity index is 1040. The number of hydrogen-bond donors (Lipinski definition) is 3. The fourth-order valence-electron chi connectivity index (χ4n) is 4.94. The number of thiazole rings is 1. The summed E-state index contributed by atoms with van der Waals surface area (Å²) in [6, 6.07) is 5.63. The first-order valence-corrected chi connectivity index (χ1v) is 14.3. The zero-order valence-electron chi connectivity index (χ0n) is 19.8. The fraction of sp³-hybridized carbons (Fsp3) is 0.625. The molecule has 0 amide bonds. The number of nitrogens with zero attached hydrogens (tertiary/aromatic N) is 1. The molecule has 3 N–H and O–H groups in total. The first-order valence-electron chi connectivity index (χ1n) is 12.0. The van der Waals surface area contributed by atoms with Gasteiger partial charge in [0, 0.05) is 18.6 Å². The molecule has 1 unspecified atom stereocenters. The predicted molar refractivity (Wildman–Crippen MR) is 135 cm³/mol. The molecule has 2 aromatic rings. The molecule has 1 saturated carbocycles. The van der Waals surface area contributed by atoms with Gasteiger partial charge >= 0.3 is 0 Å². The van der Waals surface area contributed by atoms with Gasteiger partial charge in [-0.1, -0.05) is 30.6 Å². The molecule has 2 fully saturated rings. The van der Waals surface area contributed by atoms with Crippen molar-refractivity contribution in [2.24, 2.45) is 5.92 Å². The number of anilines is 1. The van der Waals surface area contributed by atoms with Gasteiger partial charge in [-0.2, -0.15) is 0 Å². The minimum atomic E-state index is -3.72. The van der Waals surface area contributed by atoms with E-state index in [0.29, 0.717) is 24.3 Å². The number of rotatable bonds is 8. The number of piperidine rings is 1. The highest BCUT2D eigenvalue weighted by Crippen LogP contribution is 2.37. The van der Waals surface area contributed by atoms with Crippen LogP contribution in [0.5, 0.6) is 5.75 Å². The van der Waals surface area contributed by atoms with Crippen molar-refractivity contribution >= 4 is 26.5 Å².